The van der Waals surface area contributed by atoms with Gasteiger partial charge in [-0.3, -0.25) is 9.59 Å². The van der Waals surface area contributed by atoms with E-state index in [1.54, 1.807) is 48.3 Å². The molecule has 0 spiro atoms. The number of carbonyl (C=O) groups is 2. The van der Waals surface area contributed by atoms with E-state index in [0.29, 0.717) is 17.5 Å². The number of benzene rings is 2. The summed E-state index contributed by atoms with van der Waals surface area (Å²) in [6.45, 7) is 1.96. The summed E-state index contributed by atoms with van der Waals surface area (Å²) in [5.41, 5.74) is 2.24. The predicted molar refractivity (Wildman–Crippen MR) is 91.1 cm³/mol. The van der Waals surface area contributed by atoms with E-state index in [9.17, 15) is 14.7 Å². The number of phenols is 1. The van der Waals surface area contributed by atoms with Crippen LogP contribution in [-0.2, 0) is 17.6 Å². The molecule has 0 heterocycles. The van der Waals surface area contributed by atoms with Crippen molar-refractivity contribution < 1.29 is 19.8 Å². The summed E-state index contributed by atoms with van der Waals surface area (Å²) in [6.07, 6.45) is 0.626. The molecular weight excluding hydrogens is 306 g/mol. The van der Waals surface area contributed by atoms with Gasteiger partial charge in [0.25, 0.3) is 5.91 Å². The number of nitrogens with zero attached hydrogens (tertiary/aromatic N) is 1. The molecule has 1 atom stereocenters. The number of carbonyl (C=O) groups excluding carboxylic acids is 1. The van der Waals surface area contributed by atoms with E-state index in [-0.39, 0.29) is 24.1 Å². The third kappa shape index (κ3) is 4.59. The molecule has 0 aliphatic carbocycles. The molecule has 24 heavy (non-hydrogen) atoms. The Morgan fingerprint density at radius 2 is 1.54 bits per heavy atom. The van der Waals surface area contributed by atoms with Gasteiger partial charge in [0, 0.05) is 18.7 Å². The minimum Gasteiger partial charge on any atom is -0.508 e. The van der Waals surface area contributed by atoms with Crippen LogP contribution in [0.15, 0.2) is 48.5 Å². The lowest BCUT2D eigenvalue weighted by atomic mass is 10.0. The SMILES string of the molecule is CC(Cc1ccc(O)cc1)N(C)C(=O)c1ccc(CC(=O)O)cc1. The Labute approximate surface area is 141 Å². The van der Waals surface area contributed by atoms with Gasteiger partial charge in [-0.2, -0.15) is 0 Å². The van der Waals surface area contributed by atoms with Crippen molar-refractivity contribution in [1.82, 2.24) is 4.90 Å². The van der Waals surface area contributed by atoms with Gasteiger partial charge in [-0.15, -0.1) is 0 Å². The van der Waals surface area contributed by atoms with Crippen LogP contribution in [0.2, 0.25) is 0 Å². The molecule has 1 amide bonds. The number of aliphatic carboxylic acids is 1. The maximum atomic E-state index is 12.5. The number of hydrogen-bond acceptors (Lipinski definition) is 3. The highest BCUT2D eigenvalue weighted by Crippen LogP contribution is 2.15. The summed E-state index contributed by atoms with van der Waals surface area (Å²) in [5.74, 6) is -0.783. The fraction of sp³-hybridized carbons (Fsp3) is 0.263. The summed E-state index contributed by atoms with van der Waals surface area (Å²) in [6, 6.07) is 13.6. The number of likely N-dealkylation sites (N-methyl/N-ethyl adjacent to an activating group) is 1. The summed E-state index contributed by atoms with van der Waals surface area (Å²) < 4.78 is 0. The van der Waals surface area contributed by atoms with Crippen molar-refractivity contribution in [3.63, 3.8) is 0 Å². The number of rotatable bonds is 6. The van der Waals surface area contributed by atoms with Crippen molar-refractivity contribution in [3.8, 4) is 5.75 Å². The first-order chi connectivity index (χ1) is 11.4. The molecule has 2 N–H and O–H groups in total. The van der Waals surface area contributed by atoms with E-state index in [1.165, 1.54) is 0 Å². The van der Waals surface area contributed by atoms with Gasteiger partial charge in [-0.25, -0.2) is 0 Å². The topological polar surface area (TPSA) is 77.8 Å². The quantitative estimate of drug-likeness (QED) is 0.855. The summed E-state index contributed by atoms with van der Waals surface area (Å²) in [7, 11) is 1.75. The van der Waals surface area contributed by atoms with E-state index in [0.717, 1.165) is 5.56 Å². The molecule has 5 heteroatoms. The Bertz CT molecular complexity index is 707. The number of hydrogen-bond donors (Lipinski definition) is 2. The number of amides is 1. The molecule has 0 saturated carbocycles. The van der Waals surface area contributed by atoms with Crippen molar-refractivity contribution in [2.75, 3.05) is 7.05 Å². The lowest BCUT2D eigenvalue weighted by Gasteiger charge is -2.25. The second kappa shape index (κ2) is 7.64. The minimum atomic E-state index is -0.895. The van der Waals surface area contributed by atoms with Crippen molar-refractivity contribution >= 4 is 11.9 Å². The number of carboxylic acids is 1. The standard InChI is InChI=1S/C19H21NO4/c1-13(11-14-5-9-17(21)10-6-14)20(2)19(24)16-7-3-15(4-8-16)12-18(22)23/h3-10,13,21H,11-12H2,1-2H3,(H,22,23). The maximum absolute atomic E-state index is 12.5. The molecule has 0 saturated heterocycles. The summed E-state index contributed by atoms with van der Waals surface area (Å²) in [4.78, 5) is 24.9. The lowest BCUT2D eigenvalue weighted by molar-refractivity contribution is -0.136. The highest BCUT2D eigenvalue weighted by molar-refractivity contribution is 5.94. The monoisotopic (exact) mass is 327 g/mol. The van der Waals surface area contributed by atoms with Crippen molar-refractivity contribution in [1.29, 1.82) is 0 Å². The van der Waals surface area contributed by atoms with Crippen LogP contribution in [-0.4, -0.2) is 40.1 Å². The maximum Gasteiger partial charge on any atom is 0.307 e. The van der Waals surface area contributed by atoms with Gasteiger partial charge >= 0.3 is 5.97 Å². The van der Waals surface area contributed by atoms with Gasteiger partial charge in [0.2, 0.25) is 0 Å². The molecule has 2 aromatic carbocycles. The molecular formula is C19H21NO4. The van der Waals surface area contributed by atoms with Gasteiger partial charge in [0.15, 0.2) is 0 Å². The van der Waals surface area contributed by atoms with Crippen LogP contribution < -0.4 is 0 Å². The molecule has 0 fully saturated rings. The Morgan fingerprint density at radius 3 is 2.08 bits per heavy atom. The molecule has 1 unspecified atom stereocenters. The Kier molecular flexibility index (Phi) is 5.58. The molecule has 126 valence electrons. The highest BCUT2D eigenvalue weighted by Gasteiger charge is 2.18. The molecule has 0 bridgehead atoms. The zero-order chi connectivity index (χ0) is 17.7. The average Bonchev–Trinajstić information content (AvgIpc) is 2.55. The van der Waals surface area contributed by atoms with E-state index >= 15 is 0 Å². The molecule has 0 aromatic heterocycles. The molecule has 2 aromatic rings. The van der Waals surface area contributed by atoms with Crippen molar-refractivity contribution in [2.45, 2.75) is 25.8 Å². The summed E-state index contributed by atoms with van der Waals surface area (Å²) in [5, 5.41) is 18.1. The Balaban J connectivity index is 2.02. The molecule has 0 radical (unpaired) electrons. The first-order valence-electron chi connectivity index (χ1n) is 7.72. The second-order valence-corrected chi connectivity index (χ2v) is 5.90. The zero-order valence-corrected chi connectivity index (χ0v) is 13.8. The van der Waals surface area contributed by atoms with Gasteiger partial charge in [0.05, 0.1) is 6.42 Å². The fourth-order valence-corrected chi connectivity index (χ4v) is 2.45. The lowest BCUT2D eigenvalue weighted by Crippen LogP contribution is -2.36. The van der Waals surface area contributed by atoms with E-state index in [2.05, 4.69) is 0 Å². The summed E-state index contributed by atoms with van der Waals surface area (Å²) >= 11 is 0. The van der Waals surface area contributed by atoms with Crippen LogP contribution in [0.25, 0.3) is 0 Å². The second-order valence-electron chi connectivity index (χ2n) is 5.90. The third-order valence-corrected chi connectivity index (χ3v) is 4.01. The van der Waals surface area contributed by atoms with Gasteiger partial charge in [-0.1, -0.05) is 24.3 Å². The number of aromatic hydroxyl groups is 1. The minimum absolute atomic E-state index is 0.0132. The van der Waals surface area contributed by atoms with Crippen LogP contribution >= 0.6 is 0 Å². The molecule has 0 aliphatic heterocycles. The normalized spacial score (nSPS) is 11.8. The first-order valence-corrected chi connectivity index (χ1v) is 7.72. The van der Waals surface area contributed by atoms with Crippen molar-refractivity contribution in [2.24, 2.45) is 0 Å². The molecule has 2 rings (SSSR count). The molecule has 5 nitrogen and oxygen atoms in total. The smallest absolute Gasteiger partial charge is 0.307 e. The van der Waals surface area contributed by atoms with E-state index in [4.69, 9.17) is 5.11 Å². The van der Waals surface area contributed by atoms with Crippen LogP contribution in [0.4, 0.5) is 0 Å². The van der Waals surface area contributed by atoms with Crippen LogP contribution in [0.5, 0.6) is 5.75 Å². The average molecular weight is 327 g/mol. The fourth-order valence-electron chi connectivity index (χ4n) is 2.45. The Morgan fingerprint density at radius 1 is 1.00 bits per heavy atom. The third-order valence-electron chi connectivity index (χ3n) is 4.01. The zero-order valence-electron chi connectivity index (χ0n) is 13.8. The Hall–Kier alpha value is -2.82. The largest absolute Gasteiger partial charge is 0.508 e. The van der Waals surface area contributed by atoms with Gasteiger partial charge in [0.1, 0.15) is 5.75 Å². The van der Waals surface area contributed by atoms with Gasteiger partial charge < -0.3 is 15.1 Å². The van der Waals surface area contributed by atoms with E-state index in [1.807, 2.05) is 19.1 Å². The van der Waals surface area contributed by atoms with Crippen molar-refractivity contribution in [3.05, 3.63) is 65.2 Å². The van der Waals surface area contributed by atoms with Crippen LogP contribution in [0.1, 0.15) is 28.4 Å². The predicted octanol–water partition coefficient (Wildman–Crippen LogP) is 2.72. The van der Waals surface area contributed by atoms with E-state index < -0.39 is 5.97 Å². The van der Waals surface area contributed by atoms with Crippen LogP contribution in [0, 0.1) is 0 Å². The first kappa shape index (κ1) is 17.5. The number of carboxylic acid groups (broad SMARTS) is 1. The van der Waals surface area contributed by atoms with Gasteiger partial charge in [-0.05, 0) is 48.7 Å². The number of phenolic OH excluding ortho intramolecular Hbond substituents is 1. The molecule has 0 aliphatic rings. The highest BCUT2D eigenvalue weighted by atomic mass is 16.4. The van der Waals surface area contributed by atoms with Crippen LogP contribution in [0.3, 0.4) is 0 Å².